The summed E-state index contributed by atoms with van der Waals surface area (Å²) in [6.07, 6.45) is 4.12. The van der Waals surface area contributed by atoms with Crippen LogP contribution in [0.4, 0.5) is 0 Å². The van der Waals surface area contributed by atoms with Crippen LogP contribution in [0.1, 0.15) is 43.6 Å². The molecule has 0 amide bonds. The van der Waals surface area contributed by atoms with Crippen molar-refractivity contribution in [3.8, 4) is 0 Å². The number of piperidine rings is 1. The second kappa shape index (κ2) is 6.63. The Morgan fingerprint density at radius 3 is 2.71 bits per heavy atom. The number of aryl methyl sites for hydroxylation is 1. The first-order valence-corrected chi connectivity index (χ1v) is 8.19. The van der Waals surface area contributed by atoms with Gasteiger partial charge in [-0.2, -0.15) is 0 Å². The highest BCUT2D eigenvalue weighted by molar-refractivity contribution is 5.82. The monoisotopic (exact) mass is 286 g/mol. The third-order valence-electron chi connectivity index (χ3n) is 4.60. The molecule has 21 heavy (non-hydrogen) atoms. The normalized spacial score (nSPS) is 18.2. The molecule has 0 spiro atoms. The summed E-state index contributed by atoms with van der Waals surface area (Å²) in [5.41, 5.74) is 2.26. The van der Waals surface area contributed by atoms with Crippen molar-refractivity contribution in [3.63, 3.8) is 0 Å². The van der Waals surface area contributed by atoms with Gasteiger partial charge in [0.2, 0.25) is 0 Å². The van der Waals surface area contributed by atoms with Gasteiger partial charge in [-0.15, -0.1) is 0 Å². The number of hydrogen-bond donors (Lipinski definition) is 1. The van der Waals surface area contributed by atoms with Gasteiger partial charge in [0.05, 0.1) is 6.04 Å². The second-order valence-electron chi connectivity index (χ2n) is 6.17. The highest BCUT2D eigenvalue weighted by Gasteiger charge is 2.16. The van der Waals surface area contributed by atoms with Gasteiger partial charge in [0, 0.05) is 18.5 Å². The molecule has 1 atom stereocenters. The Bertz CT molecular complexity index is 584. The zero-order valence-corrected chi connectivity index (χ0v) is 13.2. The topological polar surface area (TPSA) is 28.4 Å². The van der Waals surface area contributed by atoms with Gasteiger partial charge in [0.25, 0.3) is 0 Å². The van der Waals surface area contributed by atoms with Crippen molar-refractivity contribution >= 4 is 11.0 Å². The number of para-hydroxylation sites is 1. The van der Waals surface area contributed by atoms with E-state index in [-0.39, 0.29) is 6.04 Å². The number of likely N-dealkylation sites (tertiary alicyclic amines) is 1. The highest BCUT2D eigenvalue weighted by atomic mass is 16.3. The minimum atomic E-state index is 0.266. The molecule has 2 aromatic rings. The lowest BCUT2D eigenvalue weighted by atomic mass is 10.1. The van der Waals surface area contributed by atoms with Crippen LogP contribution in [0, 0.1) is 6.92 Å². The highest BCUT2D eigenvalue weighted by Crippen LogP contribution is 2.28. The molecule has 0 aliphatic carbocycles. The Morgan fingerprint density at radius 2 is 1.95 bits per heavy atom. The number of furan rings is 1. The maximum atomic E-state index is 6.03. The summed E-state index contributed by atoms with van der Waals surface area (Å²) in [6.45, 7) is 9.05. The van der Waals surface area contributed by atoms with Gasteiger partial charge < -0.3 is 14.6 Å². The summed E-state index contributed by atoms with van der Waals surface area (Å²) in [6, 6.07) is 8.55. The van der Waals surface area contributed by atoms with Gasteiger partial charge in [-0.05, 0) is 51.4 Å². The van der Waals surface area contributed by atoms with E-state index < -0.39 is 0 Å². The molecular weight excluding hydrogens is 260 g/mol. The fourth-order valence-electron chi connectivity index (χ4n) is 3.32. The number of nitrogens with one attached hydrogen (secondary N) is 1. The van der Waals surface area contributed by atoms with Crippen LogP contribution in [0.25, 0.3) is 11.0 Å². The number of hydrogen-bond acceptors (Lipinski definition) is 3. The Morgan fingerprint density at radius 1 is 1.19 bits per heavy atom. The largest absolute Gasteiger partial charge is 0.459 e. The molecule has 3 heteroatoms. The fraction of sp³-hybridized carbons (Fsp3) is 0.556. The van der Waals surface area contributed by atoms with Crippen molar-refractivity contribution in [2.45, 2.75) is 39.2 Å². The average Bonchev–Trinajstić information content (AvgIpc) is 2.86. The number of rotatable bonds is 5. The standard InChI is InChI=1S/C18H26N2O/c1-14-16-8-4-5-9-17(16)21-18(14)15(2)19-10-13-20-11-6-3-7-12-20/h4-5,8-9,15,19H,3,6-7,10-13H2,1-2H3. The maximum absolute atomic E-state index is 6.03. The summed E-state index contributed by atoms with van der Waals surface area (Å²) in [5.74, 6) is 1.08. The van der Waals surface area contributed by atoms with Gasteiger partial charge >= 0.3 is 0 Å². The van der Waals surface area contributed by atoms with Crippen molar-refractivity contribution in [2.24, 2.45) is 0 Å². The zero-order valence-electron chi connectivity index (χ0n) is 13.2. The zero-order chi connectivity index (χ0) is 14.7. The molecule has 1 unspecified atom stereocenters. The van der Waals surface area contributed by atoms with Crippen molar-refractivity contribution in [1.29, 1.82) is 0 Å². The first-order chi connectivity index (χ1) is 10.3. The summed E-state index contributed by atoms with van der Waals surface area (Å²) in [5, 5.41) is 4.85. The lowest BCUT2D eigenvalue weighted by Crippen LogP contribution is -2.36. The Kier molecular flexibility index (Phi) is 4.61. The lowest BCUT2D eigenvalue weighted by Gasteiger charge is -2.27. The maximum Gasteiger partial charge on any atom is 0.134 e. The molecule has 0 bridgehead atoms. The van der Waals surface area contributed by atoms with E-state index in [4.69, 9.17) is 4.42 Å². The number of benzene rings is 1. The Hall–Kier alpha value is -1.32. The molecule has 1 fully saturated rings. The van der Waals surface area contributed by atoms with Gasteiger partial charge in [0.1, 0.15) is 11.3 Å². The van der Waals surface area contributed by atoms with Crippen LogP contribution in [-0.2, 0) is 0 Å². The van der Waals surface area contributed by atoms with E-state index >= 15 is 0 Å². The van der Waals surface area contributed by atoms with Crippen molar-refractivity contribution in [3.05, 3.63) is 35.6 Å². The van der Waals surface area contributed by atoms with Crippen LogP contribution in [0.2, 0.25) is 0 Å². The smallest absolute Gasteiger partial charge is 0.134 e. The summed E-state index contributed by atoms with van der Waals surface area (Å²) < 4.78 is 6.03. The van der Waals surface area contributed by atoms with E-state index in [0.717, 1.165) is 24.4 Å². The third-order valence-corrected chi connectivity index (χ3v) is 4.60. The van der Waals surface area contributed by atoms with Crippen molar-refractivity contribution < 1.29 is 4.42 Å². The molecule has 1 aliphatic heterocycles. The minimum absolute atomic E-state index is 0.266. The van der Waals surface area contributed by atoms with E-state index in [1.54, 1.807) is 0 Å². The molecule has 1 saturated heterocycles. The van der Waals surface area contributed by atoms with E-state index in [1.165, 1.54) is 43.3 Å². The first kappa shape index (κ1) is 14.6. The summed E-state index contributed by atoms with van der Waals surface area (Å²) >= 11 is 0. The molecule has 114 valence electrons. The number of nitrogens with zero attached hydrogens (tertiary/aromatic N) is 1. The second-order valence-corrected chi connectivity index (χ2v) is 6.17. The predicted molar refractivity (Wildman–Crippen MR) is 87.7 cm³/mol. The predicted octanol–water partition coefficient (Wildman–Crippen LogP) is 3.88. The van der Waals surface area contributed by atoms with Crippen LogP contribution in [0.3, 0.4) is 0 Å². The molecule has 2 heterocycles. The molecule has 3 nitrogen and oxygen atoms in total. The SMILES string of the molecule is Cc1c(C(C)NCCN2CCCCC2)oc2ccccc12. The summed E-state index contributed by atoms with van der Waals surface area (Å²) in [7, 11) is 0. The van der Waals surface area contributed by atoms with Crippen molar-refractivity contribution in [1.82, 2.24) is 10.2 Å². The Labute approximate surface area is 127 Å². The van der Waals surface area contributed by atoms with Gasteiger partial charge in [-0.1, -0.05) is 24.6 Å². The van der Waals surface area contributed by atoms with Crippen molar-refractivity contribution in [2.75, 3.05) is 26.2 Å². The molecule has 3 rings (SSSR count). The first-order valence-electron chi connectivity index (χ1n) is 8.19. The van der Waals surface area contributed by atoms with Crippen LogP contribution < -0.4 is 5.32 Å². The third kappa shape index (κ3) is 3.30. The molecule has 0 radical (unpaired) electrons. The van der Waals surface area contributed by atoms with E-state index in [9.17, 15) is 0 Å². The number of fused-ring (bicyclic) bond motifs is 1. The van der Waals surface area contributed by atoms with E-state index in [1.807, 2.05) is 12.1 Å². The molecule has 1 aliphatic rings. The van der Waals surface area contributed by atoms with Gasteiger partial charge in [0.15, 0.2) is 0 Å². The molecule has 1 aromatic carbocycles. The van der Waals surface area contributed by atoms with E-state index in [0.29, 0.717) is 0 Å². The quantitative estimate of drug-likeness (QED) is 0.904. The Balaban J connectivity index is 1.58. The van der Waals surface area contributed by atoms with Crippen LogP contribution >= 0.6 is 0 Å². The summed E-state index contributed by atoms with van der Waals surface area (Å²) in [4.78, 5) is 2.56. The van der Waals surface area contributed by atoms with Crippen LogP contribution in [0.15, 0.2) is 28.7 Å². The molecular formula is C18H26N2O. The van der Waals surface area contributed by atoms with Crippen LogP contribution in [0.5, 0.6) is 0 Å². The van der Waals surface area contributed by atoms with Gasteiger partial charge in [-0.3, -0.25) is 0 Å². The minimum Gasteiger partial charge on any atom is -0.459 e. The molecule has 1 N–H and O–H groups in total. The van der Waals surface area contributed by atoms with Crippen LogP contribution in [-0.4, -0.2) is 31.1 Å². The lowest BCUT2D eigenvalue weighted by molar-refractivity contribution is 0.225. The molecule has 0 saturated carbocycles. The fourth-order valence-corrected chi connectivity index (χ4v) is 3.32. The average molecular weight is 286 g/mol. The molecule has 1 aromatic heterocycles. The van der Waals surface area contributed by atoms with Gasteiger partial charge in [-0.25, -0.2) is 0 Å². The van der Waals surface area contributed by atoms with E-state index in [2.05, 4.69) is 36.2 Å².